The number of nitrogens with zero attached hydrogens (tertiary/aromatic N) is 4. The summed E-state index contributed by atoms with van der Waals surface area (Å²) in [6.07, 6.45) is 5.42. The van der Waals surface area contributed by atoms with Crippen LogP contribution in [0.5, 0.6) is 0 Å². The third-order valence-corrected chi connectivity index (χ3v) is 3.03. The molecule has 5 nitrogen and oxygen atoms in total. The molecule has 0 atom stereocenters. The molecule has 0 aliphatic carbocycles. The molecule has 2 aromatic heterocycles. The van der Waals surface area contributed by atoms with Gasteiger partial charge in [-0.25, -0.2) is 9.97 Å². The zero-order valence-corrected chi connectivity index (χ0v) is 10.8. The van der Waals surface area contributed by atoms with Crippen LogP contribution in [0.15, 0.2) is 18.6 Å². The van der Waals surface area contributed by atoms with Gasteiger partial charge in [0.05, 0.1) is 19.3 Å². The van der Waals surface area contributed by atoms with Gasteiger partial charge in [0.15, 0.2) is 0 Å². The number of rotatable bonds is 5. The number of hydrogen-bond donors (Lipinski definition) is 1. The zero-order chi connectivity index (χ0) is 12.3. The van der Waals surface area contributed by atoms with Gasteiger partial charge >= 0.3 is 0 Å². The summed E-state index contributed by atoms with van der Waals surface area (Å²) in [5.74, 6) is 1.93. The number of nitrogens with one attached hydrogen (secondary N) is 1. The molecular weight excluding hydrogens is 238 g/mol. The normalized spacial score (nSPS) is 11.0. The van der Waals surface area contributed by atoms with E-state index >= 15 is 0 Å². The highest BCUT2D eigenvalue weighted by atomic mass is 35.5. The van der Waals surface area contributed by atoms with Gasteiger partial charge in [-0.05, 0) is 6.54 Å². The van der Waals surface area contributed by atoms with Gasteiger partial charge in [-0.15, -0.1) is 0 Å². The van der Waals surface area contributed by atoms with Crippen molar-refractivity contribution in [2.75, 3.05) is 6.54 Å². The summed E-state index contributed by atoms with van der Waals surface area (Å²) in [7, 11) is 1.91. The Morgan fingerprint density at radius 3 is 2.82 bits per heavy atom. The number of halogens is 1. The van der Waals surface area contributed by atoms with Gasteiger partial charge in [-0.2, -0.15) is 0 Å². The van der Waals surface area contributed by atoms with Crippen molar-refractivity contribution in [3.8, 4) is 0 Å². The fourth-order valence-electron chi connectivity index (χ4n) is 1.61. The van der Waals surface area contributed by atoms with Crippen LogP contribution >= 0.6 is 11.6 Å². The maximum Gasteiger partial charge on any atom is 0.129 e. The summed E-state index contributed by atoms with van der Waals surface area (Å²) < 4.78 is 3.94. The Labute approximate surface area is 105 Å². The van der Waals surface area contributed by atoms with Gasteiger partial charge < -0.3 is 14.5 Å². The van der Waals surface area contributed by atoms with Crippen LogP contribution in [0, 0.1) is 0 Å². The first-order valence-electron chi connectivity index (χ1n) is 5.59. The molecule has 0 aromatic carbocycles. The lowest BCUT2D eigenvalue weighted by Crippen LogP contribution is -2.17. The van der Waals surface area contributed by atoms with Crippen molar-refractivity contribution < 1.29 is 0 Å². The maximum atomic E-state index is 5.96. The molecule has 2 rings (SSSR count). The molecule has 0 amide bonds. The second-order valence-electron chi connectivity index (χ2n) is 3.81. The van der Waals surface area contributed by atoms with Gasteiger partial charge in [0.1, 0.15) is 16.8 Å². The average Bonchev–Trinajstić information content (AvgIpc) is 2.89. The van der Waals surface area contributed by atoms with E-state index in [0.29, 0.717) is 11.7 Å². The molecule has 0 saturated heterocycles. The van der Waals surface area contributed by atoms with E-state index in [1.807, 2.05) is 17.8 Å². The molecule has 2 aromatic rings. The second-order valence-corrected chi connectivity index (χ2v) is 4.20. The van der Waals surface area contributed by atoms with Crippen LogP contribution in [0.4, 0.5) is 0 Å². The summed E-state index contributed by atoms with van der Waals surface area (Å²) in [5, 5.41) is 3.91. The minimum atomic E-state index is 0.647. The van der Waals surface area contributed by atoms with Crippen molar-refractivity contribution in [2.45, 2.75) is 20.0 Å². The molecule has 0 unspecified atom stereocenters. The summed E-state index contributed by atoms with van der Waals surface area (Å²) in [4.78, 5) is 8.59. The summed E-state index contributed by atoms with van der Waals surface area (Å²) >= 11 is 5.96. The fourth-order valence-corrected chi connectivity index (χ4v) is 1.76. The quantitative estimate of drug-likeness (QED) is 0.877. The van der Waals surface area contributed by atoms with E-state index in [9.17, 15) is 0 Å². The first kappa shape index (κ1) is 12.1. The highest BCUT2D eigenvalue weighted by molar-refractivity contribution is 6.29. The third-order valence-electron chi connectivity index (χ3n) is 2.67. The Hall–Kier alpha value is -1.33. The molecule has 0 fully saturated rings. The van der Waals surface area contributed by atoms with Crippen molar-refractivity contribution in [3.05, 3.63) is 35.4 Å². The molecule has 0 aliphatic rings. The Morgan fingerprint density at radius 2 is 2.18 bits per heavy atom. The molecule has 92 valence electrons. The molecule has 0 saturated carbocycles. The summed E-state index contributed by atoms with van der Waals surface area (Å²) in [6, 6.07) is 0. The first-order chi connectivity index (χ1) is 8.22. The van der Waals surface area contributed by atoms with Crippen molar-refractivity contribution >= 4 is 11.6 Å². The minimum absolute atomic E-state index is 0.647. The highest BCUT2D eigenvalue weighted by Crippen LogP contribution is 2.11. The predicted octanol–water partition coefficient (Wildman–Crippen LogP) is 1.43. The van der Waals surface area contributed by atoms with Crippen molar-refractivity contribution in [1.82, 2.24) is 24.4 Å². The molecule has 1 N–H and O–H groups in total. The lowest BCUT2D eigenvalue weighted by atomic mass is 10.5. The fraction of sp³-hybridized carbons (Fsp3) is 0.455. The molecule has 17 heavy (non-hydrogen) atoms. The van der Waals surface area contributed by atoms with E-state index in [0.717, 1.165) is 24.7 Å². The Balaban J connectivity index is 2.13. The topological polar surface area (TPSA) is 47.7 Å². The Morgan fingerprint density at radius 1 is 1.35 bits per heavy atom. The van der Waals surface area contributed by atoms with Gasteiger partial charge in [0.2, 0.25) is 0 Å². The average molecular weight is 254 g/mol. The molecule has 2 heterocycles. The lowest BCUT2D eigenvalue weighted by Gasteiger charge is -2.08. The summed E-state index contributed by atoms with van der Waals surface area (Å²) in [6.45, 7) is 4.46. The van der Waals surface area contributed by atoms with Gasteiger partial charge in [0, 0.05) is 19.4 Å². The molecule has 6 heteroatoms. The largest absolute Gasteiger partial charge is 0.326 e. The molecule has 0 radical (unpaired) electrons. The number of hydrogen-bond acceptors (Lipinski definition) is 3. The molecular formula is C11H16ClN5. The predicted molar refractivity (Wildman–Crippen MR) is 66.9 cm³/mol. The van der Waals surface area contributed by atoms with E-state index < -0.39 is 0 Å². The second kappa shape index (κ2) is 5.33. The van der Waals surface area contributed by atoms with Gasteiger partial charge in [0.25, 0.3) is 0 Å². The van der Waals surface area contributed by atoms with Crippen molar-refractivity contribution in [2.24, 2.45) is 7.05 Å². The maximum absolute atomic E-state index is 5.96. The molecule has 0 bridgehead atoms. The highest BCUT2D eigenvalue weighted by Gasteiger charge is 2.08. The van der Waals surface area contributed by atoms with Crippen LogP contribution in [0.1, 0.15) is 18.6 Å². The van der Waals surface area contributed by atoms with Gasteiger partial charge in [-0.1, -0.05) is 18.5 Å². The van der Waals surface area contributed by atoms with Crippen LogP contribution in [0.25, 0.3) is 0 Å². The Kier molecular flexibility index (Phi) is 3.81. The van der Waals surface area contributed by atoms with E-state index in [2.05, 4.69) is 26.8 Å². The number of aromatic nitrogens is 4. The van der Waals surface area contributed by atoms with E-state index in [1.165, 1.54) is 0 Å². The van der Waals surface area contributed by atoms with Crippen LogP contribution in [0.3, 0.4) is 0 Å². The van der Waals surface area contributed by atoms with Crippen LogP contribution in [-0.4, -0.2) is 25.6 Å². The zero-order valence-electron chi connectivity index (χ0n) is 10.0. The standard InChI is InChI=1S/C11H16ClN5/c1-3-13-7-10-14-4-5-17(10)8-11-15-6-9(12)16(11)2/h4-6,13H,3,7-8H2,1-2H3. The van der Waals surface area contributed by atoms with Crippen LogP contribution in [0.2, 0.25) is 5.15 Å². The van der Waals surface area contributed by atoms with E-state index in [1.54, 1.807) is 12.4 Å². The monoisotopic (exact) mass is 253 g/mol. The van der Waals surface area contributed by atoms with Crippen molar-refractivity contribution in [1.29, 1.82) is 0 Å². The molecule has 0 aliphatic heterocycles. The van der Waals surface area contributed by atoms with Crippen LogP contribution < -0.4 is 5.32 Å². The van der Waals surface area contributed by atoms with Gasteiger partial charge in [-0.3, -0.25) is 0 Å². The Bertz CT molecular complexity index is 488. The van der Waals surface area contributed by atoms with E-state index in [4.69, 9.17) is 11.6 Å². The van der Waals surface area contributed by atoms with Crippen LogP contribution in [-0.2, 0) is 20.1 Å². The minimum Gasteiger partial charge on any atom is -0.326 e. The van der Waals surface area contributed by atoms with Crippen molar-refractivity contribution in [3.63, 3.8) is 0 Å². The summed E-state index contributed by atoms with van der Waals surface area (Å²) in [5.41, 5.74) is 0. The molecule has 0 spiro atoms. The van der Waals surface area contributed by atoms with E-state index in [-0.39, 0.29) is 0 Å². The third kappa shape index (κ3) is 2.68. The number of imidazole rings is 2. The SMILES string of the molecule is CCNCc1nccn1Cc1ncc(Cl)n1C. The lowest BCUT2D eigenvalue weighted by molar-refractivity contribution is 0.617. The smallest absolute Gasteiger partial charge is 0.129 e. The first-order valence-corrected chi connectivity index (χ1v) is 5.97.